The molecule has 0 unspecified atom stereocenters. The number of carbonyl (C=O) groups excluding carboxylic acids is 1. The van der Waals surface area contributed by atoms with E-state index in [0.717, 1.165) is 10.1 Å². The third-order valence-electron chi connectivity index (χ3n) is 4.49. The molecule has 0 saturated carbocycles. The highest BCUT2D eigenvalue weighted by Crippen LogP contribution is 2.22. The molecule has 0 N–H and O–H groups in total. The van der Waals surface area contributed by atoms with E-state index in [1.54, 1.807) is 19.0 Å². The van der Waals surface area contributed by atoms with Gasteiger partial charge in [-0.2, -0.15) is 0 Å². The molecule has 1 heterocycles. The van der Waals surface area contributed by atoms with Gasteiger partial charge in [0.25, 0.3) is 5.56 Å². The van der Waals surface area contributed by atoms with E-state index in [1.165, 1.54) is 35.5 Å². The van der Waals surface area contributed by atoms with E-state index in [1.807, 2.05) is 12.1 Å². The van der Waals surface area contributed by atoms with Crippen molar-refractivity contribution < 1.29 is 4.79 Å². The number of amides is 1. The number of carbonyl (C=O) groups is 1. The summed E-state index contributed by atoms with van der Waals surface area (Å²) in [6.45, 7) is 6.95. The summed E-state index contributed by atoms with van der Waals surface area (Å²) in [6, 6.07) is 8.21. The lowest BCUT2D eigenvalue weighted by Gasteiger charge is -2.20. The number of hydrogen-bond acceptors (Lipinski definition) is 3. The van der Waals surface area contributed by atoms with Crippen LogP contribution in [0.4, 0.5) is 0 Å². The normalized spacial score (nSPS) is 11.8. The van der Waals surface area contributed by atoms with Gasteiger partial charge in [0.2, 0.25) is 5.91 Å². The fraction of sp³-hybridized carbons (Fsp3) is 0.381. The Bertz CT molecular complexity index is 974. The van der Waals surface area contributed by atoms with Crippen LogP contribution in [-0.2, 0) is 30.8 Å². The molecular formula is C21H27N3O3. The maximum Gasteiger partial charge on any atom is 0.330 e. The van der Waals surface area contributed by atoms with Gasteiger partial charge < -0.3 is 9.47 Å². The quantitative estimate of drug-likeness (QED) is 0.775. The summed E-state index contributed by atoms with van der Waals surface area (Å²) in [7, 11) is 4.69. The van der Waals surface area contributed by atoms with Gasteiger partial charge >= 0.3 is 5.69 Å². The zero-order chi connectivity index (χ0) is 20.4. The van der Waals surface area contributed by atoms with E-state index in [9.17, 15) is 14.4 Å². The second-order valence-corrected chi connectivity index (χ2v) is 7.82. The van der Waals surface area contributed by atoms with Gasteiger partial charge in [-0.3, -0.25) is 14.2 Å². The molecule has 144 valence electrons. The second-order valence-electron chi connectivity index (χ2n) is 7.82. The summed E-state index contributed by atoms with van der Waals surface area (Å²) in [4.78, 5) is 37.7. The van der Waals surface area contributed by atoms with Crippen molar-refractivity contribution in [3.05, 3.63) is 74.1 Å². The molecule has 6 heteroatoms. The summed E-state index contributed by atoms with van der Waals surface area (Å²) >= 11 is 0. The fourth-order valence-corrected chi connectivity index (χ4v) is 2.70. The van der Waals surface area contributed by atoms with Gasteiger partial charge in [0, 0.05) is 40.0 Å². The molecule has 0 aliphatic carbocycles. The second kappa shape index (κ2) is 7.78. The Morgan fingerprint density at radius 2 is 1.70 bits per heavy atom. The van der Waals surface area contributed by atoms with Crippen LogP contribution >= 0.6 is 0 Å². The van der Waals surface area contributed by atoms with Gasteiger partial charge in [-0.25, -0.2) is 4.79 Å². The van der Waals surface area contributed by atoms with Crippen molar-refractivity contribution in [3.8, 4) is 0 Å². The van der Waals surface area contributed by atoms with Gasteiger partial charge in [-0.05, 0) is 22.6 Å². The lowest BCUT2D eigenvalue weighted by molar-refractivity contribution is -0.125. The Morgan fingerprint density at radius 1 is 1.11 bits per heavy atom. The lowest BCUT2D eigenvalue weighted by atomic mass is 9.87. The number of aromatic nitrogens is 2. The summed E-state index contributed by atoms with van der Waals surface area (Å²) in [6.07, 6.45) is 4.23. The minimum Gasteiger partial charge on any atom is -0.338 e. The first-order chi connectivity index (χ1) is 12.5. The molecular weight excluding hydrogens is 342 g/mol. The number of nitrogens with zero attached hydrogens (tertiary/aromatic N) is 3. The maximum absolute atomic E-state index is 12.4. The highest BCUT2D eigenvalue weighted by atomic mass is 16.2. The Labute approximate surface area is 159 Å². The van der Waals surface area contributed by atoms with Crippen LogP contribution in [0.1, 0.15) is 37.5 Å². The Hall–Kier alpha value is -2.89. The van der Waals surface area contributed by atoms with Crippen LogP contribution in [0.2, 0.25) is 0 Å². The van der Waals surface area contributed by atoms with Crippen molar-refractivity contribution in [1.29, 1.82) is 0 Å². The molecule has 0 bridgehead atoms. The van der Waals surface area contributed by atoms with E-state index in [4.69, 9.17) is 0 Å². The molecule has 1 aromatic carbocycles. The van der Waals surface area contributed by atoms with E-state index in [-0.39, 0.29) is 16.9 Å². The Balaban J connectivity index is 2.11. The van der Waals surface area contributed by atoms with Crippen molar-refractivity contribution in [2.45, 2.75) is 32.7 Å². The minimum absolute atomic E-state index is 0.0882. The van der Waals surface area contributed by atoms with Crippen molar-refractivity contribution >= 4 is 12.0 Å². The number of benzene rings is 1. The smallest absolute Gasteiger partial charge is 0.330 e. The van der Waals surface area contributed by atoms with Crippen LogP contribution < -0.4 is 11.2 Å². The monoisotopic (exact) mass is 369 g/mol. The molecule has 0 saturated heterocycles. The predicted octanol–water partition coefficient (Wildman–Crippen LogP) is 2.05. The highest BCUT2D eigenvalue weighted by molar-refractivity contribution is 5.91. The van der Waals surface area contributed by atoms with Crippen molar-refractivity contribution in [3.63, 3.8) is 0 Å². The largest absolute Gasteiger partial charge is 0.338 e. The first-order valence-electron chi connectivity index (χ1n) is 8.80. The van der Waals surface area contributed by atoms with Gasteiger partial charge in [-0.1, -0.05) is 45.0 Å². The minimum atomic E-state index is -0.428. The topological polar surface area (TPSA) is 64.3 Å². The molecule has 2 aromatic rings. The maximum atomic E-state index is 12.4. The molecule has 0 aliphatic rings. The zero-order valence-corrected chi connectivity index (χ0v) is 16.8. The van der Waals surface area contributed by atoms with Crippen LogP contribution in [0.15, 0.2) is 46.1 Å². The molecule has 0 aliphatic heterocycles. The van der Waals surface area contributed by atoms with E-state index in [2.05, 4.69) is 32.9 Å². The zero-order valence-electron chi connectivity index (χ0n) is 16.8. The molecule has 1 amide bonds. The van der Waals surface area contributed by atoms with Gasteiger partial charge in [0.15, 0.2) is 0 Å². The molecule has 0 spiro atoms. The van der Waals surface area contributed by atoms with Crippen LogP contribution in [0.3, 0.4) is 0 Å². The number of rotatable bonds is 4. The van der Waals surface area contributed by atoms with E-state index in [0.29, 0.717) is 6.54 Å². The van der Waals surface area contributed by atoms with Crippen LogP contribution in [-0.4, -0.2) is 27.0 Å². The predicted molar refractivity (Wildman–Crippen MR) is 108 cm³/mol. The summed E-state index contributed by atoms with van der Waals surface area (Å²) in [5.41, 5.74) is 1.82. The highest BCUT2D eigenvalue weighted by Gasteiger charge is 2.13. The molecule has 0 atom stereocenters. The molecule has 27 heavy (non-hydrogen) atoms. The van der Waals surface area contributed by atoms with Crippen molar-refractivity contribution in [2.75, 3.05) is 7.05 Å². The molecule has 2 rings (SSSR count). The molecule has 1 aromatic heterocycles. The molecule has 6 nitrogen and oxygen atoms in total. The van der Waals surface area contributed by atoms with Gasteiger partial charge in [0.05, 0.1) is 5.56 Å². The van der Waals surface area contributed by atoms with Crippen LogP contribution in [0.25, 0.3) is 6.08 Å². The number of hydrogen-bond donors (Lipinski definition) is 0. The third-order valence-corrected chi connectivity index (χ3v) is 4.49. The molecule has 0 radical (unpaired) electrons. The van der Waals surface area contributed by atoms with Gasteiger partial charge in [0.1, 0.15) is 0 Å². The standard InChI is InChI=1S/C21H27N3O3/c1-21(2,3)17-10-7-15(8-11-17)13-22(4)18(25)12-9-16-14-23(5)20(27)24(6)19(16)26/h7-12,14H,13H2,1-6H3/b12-9+. The first-order valence-corrected chi connectivity index (χ1v) is 8.80. The Kier molecular flexibility index (Phi) is 5.88. The fourth-order valence-electron chi connectivity index (χ4n) is 2.70. The Morgan fingerprint density at radius 3 is 2.26 bits per heavy atom. The summed E-state index contributed by atoms with van der Waals surface area (Å²) in [5.74, 6) is -0.217. The van der Waals surface area contributed by atoms with E-state index < -0.39 is 11.2 Å². The third kappa shape index (κ3) is 4.84. The van der Waals surface area contributed by atoms with Crippen molar-refractivity contribution in [1.82, 2.24) is 14.0 Å². The average Bonchev–Trinajstić information content (AvgIpc) is 2.61. The average molecular weight is 369 g/mol. The lowest BCUT2D eigenvalue weighted by Crippen LogP contribution is -2.37. The first kappa shape index (κ1) is 20.4. The SMILES string of the molecule is CN(Cc1ccc(C(C)(C)C)cc1)C(=O)/C=C/c1cn(C)c(=O)n(C)c1=O. The van der Waals surface area contributed by atoms with E-state index >= 15 is 0 Å². The van der Waals surface area contributed by atoms with Gasteiger partial charge in [-0.15, -0.1) is 0 Å². The van der Waals surface area contributed by atoms with Crippen LogP contribution in [0, 0.1) is 0 Å². The number of aryl methyl sites for hydroxylation is 1. The summed E-state index contributed by atoms with van der Waals surface area (Å²) < 4.78 is 2.33. The summed E-state index contributed by atoms with van der Waals surface area (Å²) in [5, 5.41) is 0. The number of likely N-dealkylation sites (N-methyl/N-ethyl adjacent to an activating group) is 1. The van der Waals surface area contributed by atoms with Crippen LogP contribution in [0.5, 0.6) is 0 Å². The molecule has 0 fully saturated rings. The van der Waals surface area contributed by atoms with Crippen molar-refractivity contribution in [2.24, 2.45) is 14.1 Å².